The second-order valence-electron chi connectivity index (χ2n) is 4.55. The number of quaternary nitrogens is 1. The van der Waals surface area contributed by atoms with Crippen LogP contribution in [0.4, 0.5) is 0 Å². The van der Waals surface area contributed by atoms with E-state index in [-0.39, 0.29) is 12.4 Å². The predicted molar refractivity (Wildman–Crippen MR) is 75.8 cm³/mol. The Morgan fingerprint density at radius 3 is 2.89 bits per heavy atom. The number of halogens is 2. The topological polar surface area (TPSA) is 4.44 Å². The zero-order valence-corrected chi connectivity index (χ0v) is 12.7. The predicted octanol–water partition coefficient (Wildman–Crippen LogP) is 0.120. The lowest BCUT2D eigenvalue weighted by Gasteiger charge is -2.07. The van der Waals surface area contributed by atoms with Gasteiger partial charge in [-0.3, -0.25) is 0 Å². The summed E-state index contributed by atoms with van der Waals surface area (Å²) in [6.45, 7) is 3.29. The molecule has 0 saturated carbocycles. The van der Waals surface area contributed by atoms with Crippen molar-refractivity contribution in [2.24, 2.45) is 0 Å². The minimum Gasteiger partial charge on any atom is -1.00 e. The van der Waals surface area contributed by atoms with Crippen LogP contribution in [0.3, 0.4) is 0 Å². The molecular formula is C14H15Cl2NS. The van der Waals surface area contributed by atoms with Crippen LogP contribution in [0.2, 0.25) is 5.02 Å². The summed E-state index contributed by atoms with van der Waals surface area (Å²) in [5.41, 5.74) is 2.69. The fourth-order valence-corrected chi connectivity index (χ4v) is 3.90. The van der Waals surface area contributed by atoms with Gasteiger partial charge in [-0.2, -0.15) is 0 Å². The van der Waals surface area contributed by atoms with Crippen LogP contribution in [0.5, 0.6) is 0 Å². The maximum Gasteiger partial charge on any atom is 0.109 e. The van der Waals surface area contributed by atoms with Crippen LogP contribution in [0.25, 0.3) is 16.2 Å². The van der Waals surface area contributed by atoms with Gasteiger partial charge in [0.25, 0.3) is 0 Å². The lowest BCUT2D eigenvalue weighted by Crippen LogP contribution is -3.02. The van der Waals surface area contributed by atoms with E-state index in [1.807, 2.05) is 17.4 Å². The molecule has 1 aliphatic rings. The summed E-state index contributed by atoms with van der Waals surface area (Å²) in [5.74, 6) is 0. The second kappa shape index (κ2) is 5.22. The largest absolute Gasteiger partial charge is 1.00 e. The third-order valence-corrected chi connectivity index (χ3v) is 5.01. The molecule has 2 heterocycles. The van der Waals surface area contributed by atoms with E-state index in [4.69, 9.17) is 11.6 Å². The summed E-state index contributed by atoms with van der Waals surface area (Å²) in [5, 5.41) is 2.25. The van der Waals surface area contributed by atoms with Crippen molar-refractivity contribution in [1.29, 1.82) is 0 Å². The molecule has 2 aromatic rings. The van der Waals surface area contributed by atoms with Crippen molar-refractivity contribution in [2.75, 3.05) is 7.05 Å². The van der Waals surface area contributed by atoms with Gasteiger partial charge in [-0.05, 0) is 18.6 Å². The van der Waals surface area contributed by atoms with Crippen molar-refractivity contribution in [3.8, 4) is 0 Å². The van der Waals surface area contributed by atoms with Crippen molar-refractivity contribution in [1.82, 2.24) is 0 Å². The number of nitrogens with one attached hydrogen (secondary N) is 1. The highest BCUT2D eigenvalue weighted by atomic mass is 35.5. The van der Waals surface area contributed by atoms with Crippen LogP contribution >= 0.6 is 22.9 Å². The van der Waals surface area contributed by atoms with Gasteiger partial charge in [0.15, 0.2) is 0 Å². The third-order valence-electron chi connectivity index (χ3n) is 3.34. The van der Waals surface area contributed by atoms with E-state index in [9.17, 15) is 0 Å². The first-order valence-corrected chi connectivity index (χ1v) is 7.13. The molecule has 0 radical (unpaired) electrons. The minimum atomic E-state index is 0. The molecule has 4 heteroatoms. The van der Waals surface area contributed by atoms with Gasteiger partial charge in [-0.15, -0.1) is 11.3 Å². The highest BCUT2D eigenvalue weighted by Crippen LogP contribution is 2.38. The average Bonchev–Trinajstić information content (AvgIpc) is 2.56. The number of hydrogen-bond donors (Lipinski definition) is 1. The summed E-state index contributed by atoms with van der Waals surface area (Å²) in [6, 6.07) is 4.17. The number of aryl methyl sites for hydroxylation is 1. The van der Waals surface area contributed by atoms with Crippen molar-refractivity contribution in [2.45, 2.75) is 19.9 Å². The van der Waals surface area contributed by atoms with E-state index >= 15 is 0 Å². The van der Waals surface area contributed by atoms with Crippen LogP contribution in [0, 0.1) is 0 Å². The Bertz CT molecular complexity index is 616. The molecule has 1 nitrogen and oxygen atoms in total. The Morgan fingerprint density at radius 2 is 2.17 bits per heavy atom. The Kier molecular flexibility index (Phi) is 4.02. The molecule has 1 N–H and O–H groups in total. The van der Waals surface area contributed by atoms with E-state index in [0.29, 0.717) is 0 Å². The maximum atomic E-state index is 6.33. The van der Waals surface area contributed by atoms with Crippen molar-refractivity contribution in [3.63, 3.8) is 0 Å². The molecule has 0 bridgehead atoms. The molecule has 0 amide bonds. The summed E-state index contributed by atoms with van der Waals surface area (Å²) < 4.78 is 1.37. The first kappa shape index (κ1) is 13.9. The minimum absolute atomic E-state index is 0. The standard InChI is InChI=1S/C14H14ClNS.ClH/c1-3-12-10-8-16(2)7-6-9-11(15)4-5-13(17-12)14(9)10;/h4-7H,3,8H2,1-2H3;1H. The van der Waals surface area contributed by atoms with E-state index in [1.165, 1.54) is 31.0 Å². The molecule has 1 aliphatic heterocycles. The second-order valence-corrected chi connectivity index (χ2v) is 6.09. The Hall–Kier alpha value is -0.540. The number of rotatable bonds is 1. The smallest absolute Gasteiger partial charge is 0.109 e. The Labute approximate surface area is 122 Å². The quantitative estimate of drug-likeness (QED) is 0.763. The summed E-state index contributed by atoms with van der Waals surface area (Å²) in [7, 11) is 2.19. The van der Waals surface area contributed by atoms with Crippen molar-refractivity contribution in [3.05, 3.63) is 39.4 Å². The summed E-state index contributed by atoms with van der Waals surface area (Å²) in [6.07, 6.45) is 5.48. The van der Waals surface area contributed by atoms with Gasteiger partial charge in [0.2, 0.25) is 0 Å². The number of benzene rings is 1. The van der Waals surface area contributed by atoms with E-state index in [0.717, 1.165) is 18.0 Å². The fraction of sp³-hybridized carbons (Fsp3) is 0.286. The summed E-state index contributed by atoms with van der Waals surface area (Å²) >= 11 is 8.24. The molecule has 3 rings (SSSR count). The molecule has 1 unspecified atom stereocenters. The molecule has 0 fully saturated rings. The lowest BCUT2D eigenvalue weighted by atomic mass is 10.0. The molecular weight excluding hydrogens is 285 g/mol. The highest BCUT2D eigenvalue weighted by molar-refractivity contribution is 7.19. The molecule has 1 aromatic heterocycles. The van der Waals surface area contributed by atoms with Crippen LogP contribution in [-0.4, -0.2) is 7.05 Å². The van der Waals surface area contributed by atoms with E-state index in [2.05, 4.69) is 32.3 Å². The van der Waals surface area contributed by atoms with Gasteiger partial charge >= 0.3 is 0 Å². The highest BCUT2D eigenvalue weighted by Gasteiger charge is 2.20. The summed E-state index contributed by atoms with van der Waals surface area (Å²) in [4.78, 5) is 2.92. The van der Waals surface area contributed by atoms with E-state index < -0.39 is 0 Å². The average molecular weight is 300 g/mol. The van der Waals surface area contributed by atoms with Gasteiger partial charge < -0.3 is 17.3 Å². The van der Waals surface area contributed by atoms with Gasteiger partial charge in [0.05, 0.1) is 13.2 Å². The van der Waals surface area contributed by atoms with Crippen LogP contribution in [-0.2, 0) is 13.0 Å². The lowest BCUT2D eigenvalue weighted by molar-refractivity contribution is -0.838. The molecule has 96 valence electrons. The molecule has 0 aliphatic carbocycles. The Balaban J connectivity index is 0.00000120. The molecule has 0 spiro atoms. The zero-order valence-electron chi connectivity index (χ0n) is 10.4. The molecule has 18 heavy (non-hydrogen) atoms. The van der Waals surface area contributed by atoms with Crippen LogP contribution in [0.1, 0.15) is 22.9 Å². The monoisotopic (exact) mass is 299 g/mol. The van der Waals surface area contributed by atoms with E-state index in [1.54, 1.807) is 0 Å². The van der Waals surface area contributed by atoms with Crippen LogP contribution in [0.15, 0.2) is 18.3 Å². The maximum absolute atomic E-state index is 6.33. The first-order valence-electron chi connectivity index (χ1n) is 5.94. The van der Waals surface area contributed by atoms with Gasteiger partial charge in [0, 0.05) is 37.2 Å². The van der Waals surface area contributed by atoms with Crippen molar-refractivity contribution >= 4 is 39.1 Å². The van der Waals surface area contributed by atoms with Gasteiger partial charge in [-0.25, -0.2) is 0 Å². The zero-order chi connectivity index (χ0) is 12.0. The number of thiophene rings is 1. The third kappa shape index (κ3) is 2.08. The normalized spacial score (nSPS) is 17.6. The van der Waals surface area contributed by atoms with Gasteiger partial charge in [0.1, 0.15) is 6.54 Å². The molecule has 1 aromatic carbocycles. The SMILES string of the molecule is CCc1sc2ccc(Cl)c3c2c1C[NH+](C)C=C3.[Cl-]. The van der Waals surface area contributed by atoms with Crippen LogP contribution < -0.4 is 17.3 Å². The molecule has 0 saturated heterocycles. The Morgan fingerprint density at radius 1 is 1.39 bits per heavy atom. The van der Waals surface area contributed by atoms with Gasteiger partial charge in [-0.1, -0.05) is 18.5 Å². The fourth-order valence-electron chi connectivity index (χ4n) is 2.50. The first-order chi connectivity index (χ1) is 8.20. The molecule has 1 atom stereocenters. The number of hydrogen-bond acceptors (Lipinski definition) is 1. The van der Waals surface area contributed by atoms with Crippen molar-refractivity contribution < 1.29 is 17.3 Å².